The molecule has 2 aliphatic heterocycles. The molecule has 28 heavy (non-hydrogen) atoms. The first-order valence-corrected chi connectivity index (χ1v) is 9.68. The fourth-order valence-corrected chi connectivity index (χ4v) is 4.14. The third kappa shape index (κ3) is 2.82. The molecule has 0 saturated heterocycles. The lowest BCUT2D eigenvalue weighted by atomic mass is 9.98. The third-order valence-corrected chi connectivity index (χ3v) is 5.92. The Labute approximate surface area is 172 Å². The lowest BCUT2D eigenvalue weighted by Gasteiger charge is -2.37. The summed E-state index contributed by atoms with van der Waals surface area (Å²) in [5.74, 6) is 1.18. The van der Waals surface area contributed by atoms with Crippen LogP contribution in [0, 0.1) is 0 Å². The van der Waals surface area contributed by atoms with Gasteiger partial charge in [-0.2, -0.15) is 0 Å². The van der Waals surface area contributed by atoms with Gasteiger partial charge < -0.3 is 18.9 Å². The van der Waals surface area contributed by atoms with Crippen LogP contribution in [0.4, 0.5) is 0 Å². The SMILES string of the molecule is O=C(c1ccc2c(c1)OCO2)N1CCn2cccc2C1c1ccc(Cl)c(Cl)c1. The maximum Gasteiger partial charge on any atom is 0.254 e. The molecule has 0 saturated carbocycles. The molecule has 142 valence electrons. The fraction of sp³-hybridized carbons (Fsp3) is 0.190. The van der Waals surface area contributed by atoms with Crippen molar-refractivity contribution >= 4 is 29.1 Å². The van der Waals surface area contributed by atoms with E-state index in [-0.39, 0.29) is 18.7 Å². The molecule has 0 N–H and O–H groups in total. The number of carbonyl (C=O) groups excluding carboxylic acids is 1. The van der Waals surface area contributed by atoms with E-state index >= 15 is 0 Å². The Bertz CT molecular complexity index is 1080. The summed E-state index contributed by atoms with van der Waals surface area (Å²) in [7, 11) is 0. The van der Waals surface area contributed by atoms with Gasteiger partial charge in [0, 0.05) is 30.5 Å². The molecule has 0 aliphatic carbocycles. The molecule has 1 unspecified atom stereocenters. The summed E-state index contributed by atoms with van der Waals surface area (Å²) in [6.45, 7) is 1.49. The number of halogens is 2. The number of hydrogen-bond donors (Lipinski definition) is 0. The summed E-state index contributed by atoms with van der Waals surface area (Å²) in [6.07, 6.45) is 2.03. The first-order valence-electron chi connectivity index (χ1n) is 8.92. The summed E-state index contributed by atoms with van der Waals surface area (Å²) in [6, 6.07) is 14.6. The molecule has 0 radical (unpaired) electrons. The van der Waals surface area contributed by atoms with Gasteiger partial charge in [-0.15, -0.1) is 0 Å². The highest BCUT2D eigenvalue weighted by molar-refractivity contribution is 6.42. The molecule has 0 bridgehead atoms. The molecule has 5 rings (SSSR count). The molecule has 2 aliphatic rings. The Morgan fingerprint density at radius 3 is 2.68 bits per heavy atom. The lowest BCUT2D eigenvalue weighted by Crippen LogP contribution is -2.42. The predicted molar refractivity (Wildman–Crippen MR) is 106 cm³/mol. The summed E-state index contributed by atoms with van der Waals surface area (Å²) >= 11 is 12.4. The van der Waals surface area contributed by atoms with Crippen LogP contribution < -0.4 is 9.47 Å². The van der Waals surface area contributed by atoms with E-state index in [1.807, 2.05) is 35.4 Å². The zero-order valence-electron chi connectivity index (χ0n) is 14.8. The first kappa shape index (κ1) is 17.5. The number of hydrogen-bond acceptors (Lipinski definition) is 3. The fourth-order valence-electron chi connectivity index (χ4n) is 3.83. The van der Waals surface area contributed by atoms with E-state index in [4.69, 9.17) is 32.7 Å². The van der Waals surface area contributed by atoms with Crippen LogP contribution in [0.25, 0.3) is 0 Å². The van der Waals surface area contributed by atoms with Gasteiger partial charge in [0.15, 0.2) is 11.5 Å². The Hall–Kier alpha value is -2.63. The van der Waals surface area contributed by atoms with Crippen LogP contribution in [0.1, 0.15) is 27.7 Å². The third-order valence-electron chi connectivity index (χ3n) is 5.18. The monoisotopic (exact) mass is 414 g/mol. The normalized spacial score (nSPS) is 17.5. The van der Waals surface area contributed by atoms with E-state index in [0.29, 0.717) is 33.7 Å². The Balaban J connectivity index is 1.57. The smallest absolute Gasteiger partial charge is 0.254 e. The standard InChI is InChI=1S/C21H16Cl2N2O3/c22-15-5-3-13(10-16(15)23)20-17-2-1-7-24(17)8-9-25(20)21(26)14-4-6-18-19(11-14)28-12-27-18/h1-7,10-11,20H,8-9,12H2. The van der Waals surface area contributed by atoms with Crippen molar-refractivity contribution in [2.24, 2.45) is 0 Å². The minimum absolute atomic E-state index is 0.0678. The second kappa shape index (κ2) is 6.76. The number of fused-ring (bicyclic) bond motifs is 2. The molecule has 0 fully saturated rings. The van der Waals surface area contributed by atoms with E-state index in [9.17, 15) is 4.79 Å². The maximum absolute atomic E-state index is 13.4. The minimum atomic E-state index is -0.253. The Kier molecular flexibility index (Phi) is 4.22. The highest BCUT2D eigenvalue weighted by atomic mass is 35.5. The van der Waals surface area contributed by atoms with E-state index in [1.165, 1.54) is 0 Å². The van der Waals surface area contributed by atoms with E-state index in [2.05, 4.69) is 4.57 Å². The second-order valence-electron chi connectivity index (χ2n) is 6.77. The lowest BCUT2D eigenvalue weighted by molar-refractivity contribution is 0.0663. The number of carbonyl (C=O) groups is 1. The van der Waals surface area contributed by atoms with Gasteiger partial charge in [-0.25, -0.2) is 0 Å². The van der Waals surface area contributed by atoms with Crippen molar-refractivity contribution in [3.63, 3.8) is 0 Å². The van der Waals surface area contributed by atoms with Crippen LogP contribution in [0.5, 0.6) is 11.5 Å². The van der Waals surface area contributed by atoms with E-state index in [0.717, 1.165) is 17.8 Å². The van der Waals surface area contributed by atoms with Crippen molar-refractivity contribution in [2.75, 3.05) is 13.3 Å². The zero-order valence-corrected chi connectivity index (χ0v) is 16.3. The van der Waals surface area contributed by atoms with Crippen LogP contribution in [0.15, 0.2) is 54.7 Å². The largest absolute Gasteiger partial charge is 0.454 e. The average molecular weight is 415 g/mol. The van der Waals surface area contributed by atoms with Crippen LogP contribution in [-0.4, -0.2) is 28.7 Å². The topological polar surface area (TPSA) is 43.7 Å². The van der Waals surface area contributed by atoms with Gasteiger partial charge >= 0.3 is 0 Å². The van der Waals surface area contributed by atoms with Gasteiger partial charge in [0.25, 0.3) is 5.91 Å². The number of aromatic nitrogens is 1. The number of rotatable bonds is 2. The second-order valence-corrected chi connectivity index (χ2v) is 7.58. The number of ether oxygens (including phenoxy) is 2. The number of nitrogens with zero attached hydrogens (tertiary/aromatic N) is 2. The van der Waals surface area contributed by atoms with Crippen LogP contribution in [-0.2, 0) is 6.54 Å². The molecule has 1 amide bonds. The van der Waals surface area contributed by atoms with Gasteiger partial charge in [0.1, 0.15) is 0 Å². The molecule has 0 spiro atoms. The van der Waals surface area contributed by atoms with Crippen molar-refractivity contribution in [3.8, 4) is 11.5 Å². The minimum Gasteiger partial charge on any atom is -0.454 e. The Morgan fingerprint density at radius 1 is 0.964 bits per heavy atom. The van der Waals surface area contributed by atoms with Crippen molar-refractivity contribution in [1.29, 1.82) is 0 Å². The predicted octanol–water partition coefficient (Wildman–Crippen LogP) is 4.77. The van der Waals surface area contributed by atoms with Crippen LogP contribution in [0.2, 0.25) is 10.0 Å². The average Bonchev–Trinajstić information content (AvgIpc) is 3.37. The van der Waals surface area contributed by atoms with E-state index in [1.54, 1.807) is 24.3 Å². The summed E-state index contributed by atoms with van der Waals surface area (Å²) in [5.41, 5.74) is 2.52. The molecular formula is C21H16Cl2N2O3. The van der Waals surface area contributed by atoms with Crippen molar-refractivity contribution in [1.82, 2.24) is 9.47 Å². The highest BCUT2D eigenvalue weighted by Crippen LogP contribution is 2.38. The van der Waals surface area contributed by atoms with Gasteiger partial charge in [-0.05, 0) is 48.0 Å². The molecule has 3 heterocycles. The van der Waals surface area contributed by atoms with Gasteiger partial charge in [-0.1, -0.05) is 29.3 Å². The molecule has 1 aromatic heterocycles. The number of amides is 1. The molecular weight excluding hydrogens is 399 g/mol. The maximum atomic E-state index is 13.4. The van der Waals surface area contributed by atoms with Gasteiger partial charge in [0.2, 0.25) is 6.79 Å². The van der Waals surface area contributed by atoms with Crippen molar-refractivity contribution in [2.45, 2.75) is 12.6 Å². The first-order chi connectivity index (χ1) is 13.6. The zero-order chi connectivity index (χ0) is 19.3. The Morgan fingerprint density at radius 2 is 1.82 bits per heavy atom. The highest BCUT2D eigenvalue weighted by Gasteiger charge is 2.33. The molecule has 7 heteroatoms. The van der Waals surface area contributed by atoms with Crippen molar-refractivity contribution < 1.29 is 14.3 Å². The number of benzene rings is 2. The molecule has 2 aromatic carbocycles. The molecule has 1 atom stereocenters. The van der Waals surface area contributed by atoms with E-state index < -0.39 is 0 Å². The quantitative estimate of drug-likeness (QED) is 0.606. The van der Waals surface area contributed by atoms with Gasteiger partial charge in [-0.3, -0.25) is 4.79 Å². The molecule has 3 aromatic rings. The van der Waals surface area contributed by atoms with Gasteiger partial charge in [0.05, 0.1) is 16.1 Å². The summed E-state index contributed by atoms with van der Waals surface area (Å²) in [5, 5.41) is 0.962. The summed E-state index contributed by atoms with van der Waals surface area (Å²) in [4.78, 5) is 15.3. The van der Waals surface area contributed by atoms with Crippen molar-refractivity contribution in [3.05, 3.63) is 81.6 Å². The molecule has 5 nitrogen and oxygen atoms in total. The van der Waals surface area contributed by atoms with Crippen LogP contribution >= 0.6 is 23.2 Å². The van der Waals surface area contributed by atoms with Crippen LogP contribution in [0.3, 0.4) is 0 Å². The summed E-state index contributed by atoms with van der Waals surface area (Å²) < 4.78 is 12.9.